The van der Waals surface area contributed by atoms with Crippen molar-refractivity contribution in [3.63, 3.8) is 0 Å². The molecule has 102 valence electrons. The summed E-state index contributed by atoms with van der Waals surface area (Å²) in [7, 11) is -1.59. The van der Waals surface area contributed by atoms with E-state index in [4.69, 9.17) is 0 Å². The summed E-state index contributed by atoms with van der Waals surface area (Å²) < 4.78 is 27.3. The van der Waals surface area contributed by atoms with Gasteiger partial charge in [-0.1, -0.05) is 18.2 Å². The topological polar surface area (TPSA) is 58.2 Å². The van der Waals surface area contributed by atoms with Crippen molar-refractivity contribution in [3.8, 4) is 0 Å². The summed E-state index contributed by atoms with van der Waals surface area (Å²) in [6, 6.07) is 12.4. The number of rotatable bonds is 6. The minimum Gasteiger partial charge on any atom is -0.319 e. The smallest absolute Gasteiger partial charge is 0.271 e. The van der Waals surface area contributed by atoms with Crippen molar-refractivity contribution >= 4 is 27.0 Å². The summed E-state index contributed by atoms with van der Waals surface area (Å²) in [5.41, 5.74) is 0.577. The molecule has 0 saturated heterocycles. The Kier molecular flexibility index (Phi) is 4.57. The van der Waals surface area contributed by atoms with Crippen LogP contribution in [0.5, 0.6) is 0 Å². The molecular weight excluding hydrogens is 280 g/mol. The average molecular weight is 296 g/mol. The van der Waals surface area contributed by atoms with Crippen LogP contribution in [0.1, 0.15) is 4.88 Å². The number of thiophene rings is 1. The van der Waals surface area contributed by atoms with Crippen molar-refractivity contribution in [2.45, 2.75) is 10.6 Å². The maximum absolute atomic E-state index is 12.2. The van der Waals surface area contributed by atoms with Crippen LogP contribution in [0.2, 0.25) is 0 Å². The highest BCUT2D eigenvalue weighted by Gasteiger charge is 2.16. The van der Waals surface area contributed by atoms with Gasteiger partial charge < -0.3 is 5.32 Å². The summed E-state index contributed by atoms with van der Waals surface area (Å²) in [4.78, 5) is 1.06. The van der Waals surface area contributed by atoms with E-state index in [-0.39, 0.29) is 0 Å². The van der Waals surface area contributed by atoms with Gasteiger partial charge in [-0.15, -0.1) is 11.3 Å². The molecule has 0 radical (unpaired) electrons. The van der Waals surface area contributed by atoms with Crippen molar-refractivity contribution in [3.05, 3.63) is 47.3 Å². The molecule has 4 nitrogen and oxygen atoms in total. The van der Waals surface area contributed by atoms with Crippen molar-refractivity contribution in [2.75, 3.05) is 18.3 Å². The highest BCUT2D eigenvalue weighted by atomic mass is 32.2. The first-order chi connectivity index (χ1) is 9.12. The first-order valence-electron chi connectivity index (χ1n) is 5.93. The summed E-state index contributed by atoms with van der Waals surface area (Å²) >= 11 is 1.31. The highest BCUT2D eigenvalue weighted by Crippen LogP contribution is 2.24. The average Bonchev–Trinajstić information content (AvgIpc) is 2.86. The largest absolute Gasteiger partial charge is 0.319 e. The van der Waals surface area contributed by atoms with Gasteiger partial charge in [-0.05, 0) is 44.3 Å². The SMILES string of the molecule is CNCCc1ccc(S(=O)(=O)Nc2ccccc2)s1. The maximum Gasteiger partial charge on any atom is 0.271 e. The van der Waals surface area contributed by atoms with Crippen LogP contribution < -0.4 is 10.0 Å². The van der Waals surface area contributed by atoms with Crippen LogP contribution in [0.15, 0.2) is 46.7 Å². The second-order valence-corrected chi connectivity index (χ2v) is 7.12. The first-order valence-corrected chi connectivity index (χ1v) is 8.23. The molecule has 0 aliphatic heterocycles. The van der Waals surface area contributed by atoms with E-state index in [0.717, 1.165) is 17.8 Å². The summed E-state index contributed by atoms with van der Waals surface area (Å²) in [5, 5.41) is 3.05. The molecule has 6 heteroatoms. The van der Waals surface area contributed by atoms with Gasteiger partial charge in [0.25, 0.3) is 10.0 Å². The van der Waals surface area contributed by atoms with Crippen LogP contribution in [-0.2, 0) is 16.4 Å². The van der Waals surface area contributed by atoms with Crippen molar-refractivity contribution < 1.29 is 8.42 Å². The first kappa shape index (κ1) is 14.0. The van der Waals surface area contributed by atoms with E-state index in [1.807, 2.05) is 19.2 Å². The molecule has 0 aliphatic rings. The molecular formula is C13H16N2O2S2. The molecule has 2 N–H and O–H groups in total. The molecule has 0 bridgehead atoms. The van der Waals surface area contributed by atoms with Gasteiger partial charge >= 0.3 is 0 Å². The third-order valence-electron chi connectivity index (χ3n) is 2.55. The lowest BCUT2D eigenvalue weighted by molar-refractivity contribution is 0.603. The predicted molar refractivity (Wildman–Crippen MR) is 79.2 cm³/mol. The number of nitrogens with one attached hydrogen (secondary N) is 2. The number of para-hydroxylation sites is 1. The Morgan fingerprint density at radius 1 is 1.11 bits per heavy atom. The fraction of sp³-hybridized carbons (Fsp3) is 0.231. The van der Waals surface area contributed by atoms with E-state index >= 15 is 0 Å². The van der Waals surface area contributed by atoms with E-state index in [1.54, 1.807) is 30.3 Å². The molecule has 1 aromatic heterocycles. The quantitative estimate of drug-likeness (QED) is 0.860. The Morgan fingerprint density at radius 3 is 2.53 bits per heavy atom. The molecule has 0 saturated carbocycles. The molecule has 1 heterocycles. The van der Waals surface area contributed by atoms with Gasteiger partial charge in [0.15, 0.2) is 0 Å². The maximum atomic E-state index is 12.2. The van der Waals surface area contributed by atoms with Crippen LogP contribution in [0, 0.1) is 0 Å². The highest BCUT2D eigenvalue weighted by molar-refractivity contribution is 7.94. The Morgan fingerprint density at radius 2 is 1.84 bits per heavy atom. The van der Waals surface area contributed by atoms with E-state index < -0.39 is 10.0 Å². The van der Waals surface area contributed by atoms with E-state index in [9.17, 15) is 8.42 Å². The Bertz CT molecular complexity index is 621. The van der Waals surface area contributed by atoms with Gasteiger partial charge in [-0.3, -0.25) is 4.72 Å². The second-order valence-electron chi connectivity index (χ2n) is 4.05. The Balaban J connectivity index is 2.13. The fourth-order valence-corrected chi connectivity index (χ4v) is 4.01. The molecule has 0 spiro atoms. The minimum absolute atomic E-state index is 0.349. The lowest BCUT2D eigenvalue weighted by Gasteiger charge is -2.05. The molecule has 1 aromatic carbocycles. The summed E-state index contributed by atoms with van der Waals surface area (Å²) in [6.45, 7) is 0.839. The van der Waals surface area contributed by atoms with Gasteiger partial charge in [0.2, 0.25) is 0 Å². The van der Waals surface area contributed by atoms with Crippen molar-refractivity contribution in [1.82, 2.24) is 5.32 Å². The number of sulfonamides is 1. The van der Waals surface area contributed by atoms with Gasteiger partial charge in [0, 0.05) is 10.6 Å². The zero-order chi connectivity index (χ0) is 13.7. The molecule has 19 heavy (non-hydrogen) atoms. The zero-order valence-corrected chi connectivity index (χ0v) is 12.2. The van der Waals surface area contributed by atoms with E-state index in [1.165, 1.54) is 11.3 Å². The van der Waals surface area contributed by atoms with E-state index in [2.05, 4.69) is 10.0 Å². The third-order valence-corrected chi connectivity index (χ3v) is 5.57. The Labute approximate surface area is 117 Å². The number of hydrogen-bond acceptors (Lipinski definition) is 4. The minimum atomic E-state index is -3.47. The molecule has 2 rings (SSSR count). The normalized spacial score (nSPS) is 11.4. The fourth-order valence-electron chi connectivity index (χ4n) is 1.60. The third kappa shape index (κ3) is 3.79. The monoisotopic (exact) mass is 296 g/mol. The number of benzene rings is 1. The summed E-state index contributed by atoms with van der Waals surface area (Å²) in [6.07, 6.45) is 0.835. The molecule has 0 aliphatic carbocycles. The molecule has 2 aromatic rings. The van der Waals surface area contributed by atoms with Crippen LogP contribution >= 0.6 is 11.3 Å². The van der Waals surface area contributed by atoms with Gasteiger partial charge in [-0.25, -0.2) is 8.42 Å². The molecule has 0 unspecified atom stereocenters. The Hall–Kier alpha value is -1.37. The lowest BCUT2D eigenvalue weighted by atomic mass is 10.3. The van der Waals surface area contributed by atoms with Crippen LogP contribution in [0.3, 0.4) is 0 Å². The standard InChI is InChI=1S/C13H16N2O2S2/c1-14-10-9-12-7-8-13(18-12)19(16,17)15-11-5-3-2-4-6-11/h2-8,14-15H,9-10H2,1H3. The molecule has 0 amide bonds. The zero-order valence-electron chi connectivity index (χ0n) is 10.6. The van der Waals surface area contributed by atoms with Gasteiger partial charge in [-0.2, -0.15) is 0 Å². The van der Waals surface area contributed by atoms with Crippen molar-refractivity contribution in [1.29, 1.82) is 0 Å². The predicted octanol–water partition coefficient (Wildman–Crippen LogP) is 2.31. The second kappa shape index (κ2) is 6.18. The van der Waals surface area contributed by atoms with Gasteiger partial charge in [0.05, 0.1) is 0 Å². The lowest BCUT2D eigenvalue weighted by Crippen LogP contribution is -2.11. The van der Waals surface area contributed by atoms with Gasteiger partial charge in [0.1, 0.15) is 4.21 Å². The molecule has 0 fully saturated rings. The summed E-state index contributed by atoms with van der Waals surface area (Å²) in [5.74, 6) is 0. The van der Waals surface area contributed by atoms with Crippen LogP contribution in [0.4, 0.5) is 5.69 Å². The van der Waals surface area contributed by atoms with Crippen LogP contribution in [0.25, 0.3) is 0 Å². The number of hydrogen-bond donors (Lipinski definition) is 2. The molecule has 0 atom stereocenters. The van der Waals surface area contributed by atoms with Crippen LogP contribution in [-0.4, -0.2) is 22.0 Å². The van der Waals surface area contributed by atoms with E-state index in [0.29, 0.717) is 9.90 Å². The van der Waals surface area contributed by atoms with Crippen molar-refractivity contribution in [2.24, 2.45) is 0 Å². The number of likely N-dealkylation sites (N-methyl/N-ethyl adjacent to an activating group) is 1. The number of anilines is 1.